The molecule has 0 spiro atoms. The van der Waals surface area contributed by atoms with Gasteiger partial charge in [-0.15, -0.1) is 6.42 Å². The predicted molar refractivity (Wildman–Crippen MR) is 174 cm³/mol. The van der Waals surface area contributed by atoms with Crippen molar-refractivity contribution in [2.24, 2.45) is 10.7 Å². The summed E-state index contributed by atoms with van der Waals surface area (Å²) in [7, 11) is 1.56. The molecule has 1 atom stereocenters. The molecule has 6 N–H and O–H groups in total. The lowest BCUT2D eigenvalue weighted by Crippen LogP contribution is -2.25. The zero-order valence-corrected chi connectivity index (χ0v) is 25.4. The summed E-state index contributed by atoms with van der Waals surface area (Å²) < 4.78 is 0. The van der Waals surface area contributed by atoms with Gasteiger partial charge in [0.05, 0.1) is 28.0 Å². The van der Waals surface area contributed by atoms with E-state index < -0.39 is 5.91 Å². The number of halogens is 1. The molecule has 42 heavy (non-hydrogen) atoms. The quantitative estimate of drug-likeness (QED) is 0.0912. The van der Waals surface area contributed by atoms with Crippen molar-refractivity contribution < 1.29 is 14.7 Å². The van der Waals surface area contributed by atoms with E-state index in [1.54, 1.807) is 69.4 Å². The van der Waals surface area contributed by atoms with Crippen molar-refractivity contribution in [2.75, 3.05) is 36.1 Å². The molecule has 9 nitrogen and oxygen atoms in total. The highest BCUT2D eigenvalue weighted by molar-refractivity contribution is 6.33. The number of hydrogen-bond acceptors (Lipinski definition) is 7. The predicted octanol–water partition coefficient (Wildman–Crippen LogP) is 5.45. The van der Waals surface area contributed by atoms with E-state index in [0.29, 0.717) is 40.7 Å². The van der Waals surface area contributed by atoms with E-state index in [1.807, 2.05) is 19.9 Å². The first-order chi connectivity index (χ1) is 20.0. The fourth-order valence-electron chi connectivity index (χ4n) is 3.78. The lowest BCUT2D eigenvalue weighted by atomic mass is 10.2. The smallest absolute Gasteiger partial charge is 0.264 e. The summed E-state index contributed by atoms with van der Waals surface area (Å²) in [6.45, 7) is 8.83. The van der Waals surface area contributed by atoms with Crippen LogP contribution in [0.3, 0.4) is 0 Å². The third kappa shape index (κ3) is 10.5. The largest absolute Gasteiger partial charge is 0.402 e. The number of terminal acetylenes is 1. The van der Waals surface area contributed by atoms with Crippen LogP contribution in [0.1, 0.15) is 34.1 Å². The number of rotatable bonds is 13. The van der Waals surface area contributed by atoms with E-state index in [1.165, 1.54) is 6.21 Å². The van der Waals surface area contributed by atoms with Crippen LogP contribution < -0.4 is 21.7 Å². The van der Waals surface area contributed by atoms with Crippen LogP contribution >= 0.6 is 11.6 Å². The normalized spacial score (nSPS) is 13.2. The van der Waals surface area contributed by atoms with Crippen LogP contribution in [0.2, 0.25) is 5.02 Å². The first kappa shape index (κ1) is 33.7. The van der Waals surface area contributed by atoms with Crippen molar-refractivity contribution in [1.82, 2.24) is 4.90 Å². The minimum absolute atomic E-state index is 0.188. The molecule has 2 aromatic carbocycles. The van der Waals surface area contributed by atoms with Gasteiger partial charge in [0.15, 0.2) is 0 Å². The molecular formula is C32H39ClN6O3. The third-order valence-corrected chi connectivity index (χ3v) is 6.48. The SMILES string of the molecule is C#CC(=CC=C(C)N(CC)CCC(C)O)C(=O)Nc1ccc(Nc2ccc(NC(=O)C(C=NC)=C(C)N)cc2Cl)cc1. The fraction of sp³-hybridized carbons (Fsp3) is 0.281. The molecule has 2 rings (SSSR count). The average molecular weight is 591 g/mol. The summed E-state index contributed by atoms with van der Waals surface area (Å²) in [5.74, 6) is 1.66. The van der Waals surface area contributed by atoms with E-state index in [2.05, 4.69) is 31.8 Å². The molecule has 0 aliphatic rings. The zero-order chi connectivity index (χ0) is 31.2. The number of carbonyl (C=O) groups is 2. The number of anilines is 4. The Hall–Kier alpha value is -4.52. The Morgan fingerprint density at radius 2 is 1.71 bits per heavy atom. The summed E-state index contributed by atoms with van der Waals surface area (Å²) in [5.41, 5.74) is 9.96. The van der Waals surface area contributed by atoms with Crippen molar-refractivity contribution in [3.63, 3.8) is 0 Å². The van der Waals surface area contributed by atoms with Crippen LogP contribution in [0, 0.1) is 12.3 Å². The molecule has 222 valence electrons. The van der Waals surface area contributed by atoms with Gasteiger partial charge >= 0.3 is 0 Å². The van der Waals surface area contributed by atoms with Crippen molar-refractivity contribution in [3.05, 3.63) is 82.2 Å². The molecule has 0 aliphatic carbocycles. The highest BCUT2D eigenvalue weighted by atomic mass is 35.5. The number of benzene rings is 2. The molecule has 0 radical (unpaired) electrons. The number of nitrogens with zero attached hydrogens (tertiary/aromatic N) is 2. The van der Waals surface area contributed by atoms with Gasteiger partial charge in [-0.25, -0.2) is 0 Å². The van der Waals surface area contributed by atoms with Crippen LogP contribution in [0.25, 0.3) is 0 Å². The minimum atomic E-state index is -0.400. The van der Waals surface area contributed by atoms with Gasteiger partial charge in [-0.3, -0.25) is 14.6 Å². The molecule has 0 aromatic heterocycles. The van der Waals surface area contributed by atoms with E-state index >= 15 is 0 Å². The zero-order valence-electron chi connectivity index (χ0n) is 24.7. The van der Waals surface area contributed by atoms with Crippen LogP contribution in [0.5, 0.6) is 0 Å². The molecule has 1 unspecified atom stereocenters. The Balaban J connectivity index is 2.05. The number of amides is 2. The lowest BCUT2D eigenvalue weighted by Gasteiger charge is -2.24. The van der Waals surface area contributed by atoms with Gasteiger partial charge in [-0.05, 0) is 88.7 Å². The van der Waals surface area contributed by atoms with Gasteiger partial charge in [0.1, 0.15) is 0 Å². The molecule has 10 heteroatoms. The van der Waals surface area contributed by atoms with E-state index in [0.717, 1.165) is 17.9 Å². The Morgan fingerprint density at radius 3 is 2.26 bits per heavy atom. The number of aliphatic hydroxyl groups excluding tert-OH is 1. The monoisotopic (exact) mass is 590 g/mol. The number of aliphatic imine (C=N–C) groups is 1. The number of allylic oxidation sites excluding steroid dienone is 4. The Morgan fingerprint density at radius 1 is 1.10 bits per heavy atom. The molecule has 2 amide bonds. The van der Waals surface area contributed by atoms with Crippen molar-refractivity contribution in [2.45, 2.75) is 40.2 Å². The Labute approximate surface area is 253 Å². The van der Waals surface area contributed by atoms with Crippen molar-refractivity contribution >= 4 is 52.4 Å². The van der Waals surface area contributed by atoms with E-state index in [9.17, 15) is 14.7 Å². The van der Waals surface area contributed by atoms with Crippen LogP contribution in [0.15, 0.2) is 82.1 Å². The van der Waals surface area contributed by atoms with Crippen LogP contribution in [0.4, 0.5) is 22.7 Å². The number of nitrogens with one attached hydrogen (secondary N) is 3. The first-order valence-electron chi connectivity index (χ1n) is 13.4. The van der Waals surface area contributed by atoms with Crippen LogP contribution in [-0.2, 0) is 9.59 Å². The first-order valence-corrected chi connectivity index (χ1v) is 13.8. The summed E-state index contributed by atoms with van der Waals surface area (Å²) in [4.78, 5) is 31.2. The Bertz CT molecular complexity index is 1410. The molecule has 0 bridgehead atoms. The van der Waals surface area contributed by atoms with Crippen molar-refractivity contribution in [3.8, 4) is 12.3 Å². The summed E-state index contributed by atoms with van der Waals surface area (Å²) in [6.07, 6.45) is 10.7. The topological polar surface area (TPSA) is 132 Å². The number of hydrogen-bond donors (Lipinski definition) is 5. The molecule has 0 heterocycles. The molecule has 0 saturated heterocycles. The highest BCUT2D eigenvalue weighted by Crippen LogP contribution is 2.29. The maximum absolute atomic E-state index is 12.8. The standard InChI is InChI=1S/C32H39ClN6O3/c1-7-24(10-9-21(3)39(8-2)18-17-22(4)40)31(41)37-26-13-11-25(12-14-26)36-30-16-15-27(19-29(30)33)38-32(42)28(20-35-6)23(5)34/h1,9-16,19-20,22,36,40H,8,17-18,34H2,2-6H3,(H,37,41)(H,38,42). The number of aliphatic hydroxyl groups is 1. The van der Waals surface area contributed by atoms with Gasteiger partial charge in [0.25, 0.3) is 11.8 Å². The highest BCUT2D eigenvalue weighted by Gasteiger charge is 2.12. The molecular weight excluding hydrogens is 552 g/mol. The molecule has 0 saturated carbocycles. The Kier molecular flexibility index (Phi) is 13.4. The second kappa shape index (κ2) is 16.7. The van der Waals surface area contributed by atoms with Crippen molar-refractivity contribution in [1.29, 1.82) is 0 Å². The van der Waals surface area contributed by atoms with Gasteiger partial charge in [0.2, 0.25) is 0 Å². The summed E-state index contributed by atoms with van der Waals surface area (Å²) in [6, 6.07) is 12.1. The molecule has 0 aliphatic heterocycles. The van der Waals surface area contributed by atoms with E-state index in [4.69, 9.17) is 23.8 Å². The summed E-state index contributed by atoms with van der Waals surface area (Å²) in [5, 5.41) is 18.7. The number of carbonyl (C=O) groups excluding carboxylic acids is 2. The van der Waals surface area contributed by atoms with Gasteiger partial charge in [0, 0.05) is 54.8 Å². The van der Waals surface area contributed by atoms with Gasteiger partial charge < -0.3 is 31.7 Å². The van der Waals surface area contributed by atoms with Gasteiger partial charge in [-0.1, -0.05) is 17.5 Å². The molecule has 0 fully saturated rings. The maximum atomic E-state index is 12.8. The number of nitrogens with two attached hydrogens (primary N) is 1. The van der Waals surface area contributed by atoms with Gasteiger partial charge in [-0.2, -0.15) is 0 Å². The second-order valence-electron chi connectivity index (χ2n) is 9.54. The minimum Gasteiger partial charge on any atom is -0.402 e. The maximum Gasteiger partial charge on any atom is 0.264 e. The third-order valence-electron chi connectivity index (χ3n) is 6.17. The summed E-state index contributed by atoms with van der Waals surface area (Å²) >= 11 is 6.45. The lowest BCUT2D eigenvalue weighted by molar-refractivity contribution is -0.113. The second-order valence-corrected chi connectivity index (χ2v) is 9.95. The van der Waals surface area contributed by atoms with Crippen LogP contribution in [-0.4, -0.2) is 54.3 Å². The average Bonchev–Trinajstić information content (AvgIpc) is 2.94. The van der Waals surface area contributed by atoms with E-state index in [-0.39, 0.29) is 23.2 Å². The fourth-order valence-corrected chi connectivity index (χ4v) is 4.01. The molecule has 2 aromatic rings.